The third-order valence-corrected chi connectivity index (χ3v) is 11.7. The molecular weight excluding hydrogens is 625 g/mol. The van der Waals surface area contributed by atoms with Gasteiger partial charge < -0.3 is 20.4 Å². The van der Waals surface area contributed by atoms with Crippen molar-refractivity contribution in [2.75, 3.05) is 26.7 Å². The molecule has 3 N–H and O–H groups in total. The third-order valence-electron chi connectivity index (χ3n) is 8.86. The van der Waals surface area contributed by atoms with E-state index in [4.69, 9.17) is 28.3 Å². The predicted molar refractivity (Wildman–Crippen MR) is 172 cm³/mol. The fraction of sp³-hybridized carbons (Fsp3) is 0.562. The van der Waals surface area contributed by atoms with Gasteiger partial charge in [-0.05, 0) is 67.5 Å². The molecule has 0 radical (unpaired) electrons. The summed E-state index contributed by atoms with van der Waals surface area (Å²) < 4.78 is 27.7. The van der Waals surface area contributed by atoms with Gasteiger partial charge in [0, 0.05) is 48.6 Å². The zero-order valence-electron chi connectivity index (χ0n) is 25.5. The molecule has 2 amide bonds. The van der Waals surface area contributed by atoms with E-state index in [1.165, 1.54) is 4.31 Å². The summed E-state index contributed by atoms with van der Waals surface area (Å²) in [7, 11) is -1.92. The van der Waals surface area contributed by atoms with Crippen LogP contribution in [0.15, 0.2) is 48.5 Å². The summed E-state index contributed by atoms with van der Waals surface area (Å²) in [5.74, 6) is -0.853. The van der Waals surface area contributed by atoms with Crippen LogP contribution in [-0.4, -0.2) is 83.8 Å². The molecule has 2 aromatic carbocycles. The first-order valence-electron chi connectivity index (χ1n) is 15.1. The van der Waals surface area contributed by atoms with Crippen LogP contribution < -0.4 is 5.32 Å². The minimum Gasteiger partial charge on any atom is -0.394 e. The Balaban J connectivity index is 1.77. The minimum atomic E-state index is -3.50. The number of nitrogens with one attached hydrogen (secondary N) is 1. The number of carbonyl (C=O) groups excluding carboxylic acids is 2. The number of nitrogens with zero attached hydrogens (tertiary/aromatic N) is 2. The topological polar surface area (TPSA) is 127 Å². The van der Waals surface area contributed by atoms with E-state index < -0.39 is 40.2 Å². The monoisotopic (exact) mass is 667 g/mol. The molecule has 1 heterocycles. The number of sulfonamides is 1. The molecule has 242 valence electrons. The fourth-order valence-electron chi connectivity index (χ4n) is 6.27. The first-order chi connectivity index (χ1) is 20.8. The molecular formula is C32H43Cl2N3O6S. The van der Waals surface area contributed by atoms with Gasteiger partial charge in [0.05, 0.1) is 29.4 Å². The van der Waals surface area contributed by atoms with Crippen LogP contribution in [0.2, 0.25) is 10.0 Å². The molecule has 44 heavy (non-hydrogen) atoms. The summed E-state index contributed by atoms with van der Waals surface area (Å²) in [5.41, 5.74) is 0.626. The van der Waals surface area contributed by atoms with Crippen LogP contribution in [0.3, 0.4) is 0 Å². The van der Waals surface area contributed by atoms with E-state index in [-0.39, 0.29) is 48.9 Å². The number of aliphatic hydroxyl groups is 2. The van der Waals surface area contributed by atoms with Gasteiger partial charge in [-0.1, -0.05) is 61.3 Å². The molecule has 0 aromatic heterocycles. The molecule has 5 unspecified atom stereocenters. The fourth-order valence-corrected chi connectivity index (χ4v) is 8.21. The molecule has 2 fully saturated rings. The number of likely N-dealkylation sites (N-methyl/N-ethyl adjacent to an activating group) is 1. The van der Waals surface area contributed by atoms with Crippen LogP contribution in [0.1, 0.15) is 75.5 Å². The second-order valence-corrected chi connectivity index (χ2v) is 15.6. The average molecular weight is 669 g/mol. The van der Waals surface area contributed by atoms with E-state index in [2.05, 4.69) is 5.32 Å². The van der Waals surface area contributed by atoms with E-state index in [0.717, 1.165) is 11.1 Å². The van der Waals surface area contributed by atoms with E-state index in [1.54, 1.807) is 37.1 Å². The van der Waals surface area contributed by atoms with E-state index in [1.807, 2.05) is 37.3 Å². The molecule has 1 aliphatic heterocycles. The molecule has 1 saturated heterocycles. The van der Waals surface area contributed by atoms with E-state index in [0.29, 0.717) is 35.7 Å². The van der Waals surface area contributed by atoms with Crippen LogP contribution in [-0.2, 0) is 19.6 Å². The summed E-state index contributed by atoms with van der Waals surface area (Å²) in [4.78, 5) is 29.7. The number of hydrogen-bond acceptors (Lipinski definition) is 6. The Labute approximate surface area is 270 Å². The summed E-state index contributed by atoms with van der Waals surface area (Å²) in [6.07, 6.45) is 1.24. The molecule has 2 aromatic rings. The van der Waals surface area contributed by atoms with Crippen LogP contribution in [0.25, 0.3) is 0 Å². The molecule has 1 aliphatic carbocycles. The number of rotatable bonds is 14. The summed E-state index contributed by atoms with van der Waals surface area (Å²) in [5, 5.41) is 22.3. The van der Waals surface area contributed by atoms with Crippen molar-refractivity contribution in [1.29, 1.82) is 0 Å². The van der Waals surface area contributed by atoms with Gasteiger partial charge in [0.15, 0.2) is 0 Å². The van der Waals surface area contributed by atoms with Crippen molar-refractivity contribution in [3.8, 4) is 0 Å². The van der Waals surface area contributed by atoms with Crippen LogP contribution in [0, 0.1) is 5.41 Å². The number of benzene rings is 2. The molecule has 12 heteroatoms. The van der Waals surface area contributed by atoms with Crippen molar-refractivity contribution in [2.24, 2.45) is 5.41 Å². The van der Waals surface area contributed by atoms with Gasteiger partial charge in [-0.25, -0.2) is 12.7 Å². The van der Waals surface area contributed by atoms with Crippen molar-refractivity contribution in [3.05, 3.63) is 69.7 Å². The van der Waals surface area contributed by atoms with Crippen LogP contribution in [0.4, 0.5) is 0 Å². The number of likely N-dealkylation sites (tertiary alicyclic amines) is 1. The molecule has 0 bridgehead atoms. The quantitative estimate of drug-likeness (QED) is 0.272. The lowest BCUT2D eigenvalue weighted by atomic mass is 9.67. The number of amides is 2. The Bertz CT molecular complexity index is 1420. The van der Waals surface area contributed by atoms with Crippen molar-refractivity contribution >= 4 is 45.0 Å². The van der Waals surface area contributed by atoms with Gasteiger partial charge >= 0.3 is 0 Å². The van der Waals surface area contributed by atoms with Crippen molar-refractivity contribution in [1.82, 2.24) is 14.5 Å². The first kappa shape index (κ1) is 34.7. The molecule has 2 aliphatic rings. The Morgan fingerprint density at radius 3 is 2.41 bits per heavy atom. The maximum absolute atomic E-state index is 14.7. The predicted octanol–water partition coefficient (Wildman–Crippen LogP) is 4.51. The first-order valence-corrected chi connectivity index (χ1v) is 17.4. The summed E-state index contributed by atoms with van der Waals surface area (Å²) in [6, 6.07) is 13.9. The number of carbonyl (C=O) groups is 2. The lowest BCUT2D eigenvalue weighted by Gasteiger charge is -2.52. The maximum atomic E-state index is 14.7. The van der Waals surface area contributed by atoms with Gasteiger partial charge in [-0.15, -0.1) is 0 Å². The smallest absolute Gasteiger partial charge is 0.229 e. The largest absolute Gasteiger partial charge is 0.394 e. The average Bonchev–Trinajstić information content (AvgIpc) is 3.84. The van der Waals surface area contributed by atoms with Crippen LogP contribution in [0.5, 0.6) is 0 Å². The van der Waals surface area contributed by atoms with Gasteiger partial charge in [0.25, 0.3) is 0 Å². The van der Waals surface area contributed by atoms with Gasteiger partial charge in [-0.3, -0.25) is 9.59 Å². The standard InChI is InChI=1S/C32H43Cl2N3O6S/c1-4-25(19-36(3)44(42,43)27-12-13-27)37-30(21-8-10-23(33)11-9-21)28(22-6-5-7-24(34)16-22)17-32(2,31(37)41)18-29(40)35-15-14-26(39)20-38/h5-11,16,25-28,30,38-39H,4,12-15,17-20H2,1-3H3,(H,35,40). The summed E-state index contributed by atoms with van der Waals surface area (Å²) in [6.45, 7) is 3.60. The maximum Gasteiger partial charge on any atom is 0.229 e. The highest BCUT2D eigenvalue weighted by atomic mass is 35.5. The minimum absolute atomic E-state index is 0.103. The van der Waals surface area contributed by atoms with Gasteiger partial charge in [0.1, 0.15) is 0 Å². The number of hydrogen-bond donors (Lipinski definition) is 3. The van der Waals surface area contributed by atoms with Crippen LogP contribution >= 0.6 is 23.2 Å². The Morgan fingerprint density at radius 2 is 1.82 bits per heavy atom. The third kappa shape index (κ3) is 7.95. The second-order valence-electron chi connectivity index (χ2n) is 12.4. The molecule has 0 spiro atoms. The Kier molecular flexibility index (Phi) is 11.4. The van der Waals surface area contributed by atoms with E-state index >= 15 is 0 Å². The number of halogens is 2. The lowest BCUT2D eigenvalue weighted by molar-refractivity contribution is -0.157. The number of aliphatic hydroxyl groups excluding tert-OH is 2. The zero-order valence-corrected chi connectivity index (χ0v) is 27.8. The van der Waals surface area contributed by atoms with Crippen molar-refractivity contribution in [3.63, 3.8) is 0 Å². The molecule has 1 saturated carbocycles. The number of piperidine rings is 1. The van der Waals surface area contributed by atoms with E-state index in [9.17, 15) is 23.1 Å². The molecule has 9 nitrogen and oxygen atoms in total. The van der Waals surface area contributed by atoms with Crippen molar-refractivity contribution in [2.45, 2.75) is 81.7 Å². The van der Waals surface area contributed by atoms with Crippen molar-refractivity contribution < 1.29 is 28.2 Å². The molecule has 4 rings (SSSR count). The zero-order chi connectivity index (χ0) is 32.2. The van der Waals surface area contributed by atoms with Gasteiger partial charge in [0.2, 0.25) is 21.8 Å². The SMILES string of the molecule is CCC(CN(C)S(=O)(=O)C1CC1)N1C(=O)C(C)(CC(=O)NCCC(O)CO)CC(c2cccc(Cl)c2)C1c1ccc(Cl)cc1. The highest BCUT2D eigenvalue weighted by molar-refractivity contribution is 7.90. The van der Waals surface area contributed by atoms with Gasteiger partial charge in [-0.2, -0.15) is 0 Å². The highest BCUT2D eigenvalue weighted by Crippen LogP contribution is 2.52. The normalized spacial score (nSPS) is 23.9. The highest BCUT2D eigenvalue weighted by Gasteiger charge is 2.52. The molecule has 5 atom stereocenters. The summed E-state index contributed by atoms with van der Waals surface area (Å²) >= 11 is 12.7. The Hall–Kier alpha value is -2.21. The lowest BCUT2D eigenvalue weighted by Crippen LogP contribution is -2.58. The second kappa shape index (κ2) is 14.5. The Morgan fingerprint density at radius 1 is 1.14 bits per heavy atom.